The van der Waals surface area contributed by atoms with Crippen LogP contribution in [0.25, 0.3) is 11.3 Å². The number of carbonyl (C=O) groups is 3. The molecule has 5 rings (SSSR count). The van der Waals surface area contributed by atoms with Gasteiger partial charge >= 0.3 is 11.9 Å². The van der Waals surface area contributed by atoms with Gasteiger partial charge in [0.05, 0.1) is 17.5 Å². The summed E-state index contributed by atoms with van der Waals surface area (Å²) in [4.78, 5) is 44.5. The van der Waals surface area contributed by atoms with Crippen LogP contribution >= 0.6 is 0 Å². The van der Waals surface area contributed by atoms with Gasteiger partial charge in [-0.05, 0) is 89.7 Å². The van der Waals surface area contributed by atoms with Crippen molar-refractivity contribution in [3.05, 3.63) is 58.8 Å². The highest BCUT2D eigenvalue weighted by Crippen LogP contribution is 2.49. The molecule has 1 spiro atoms. The number of nitrogens with one attached hydrogen (secondary N) is 2. The van der Waals surface area contributed by atoms with Gasteiger partial charge in [0.15, 0.2) is 0 Å². The molecule has 1 aliphatic carbocycles. The average molecular weight is 531 g/mol. The molecule has 0 radical (unpaired) electrons. The fraction of sp³-hybridized carbons (Fsp3) is 0.433. The Kier molecular flexibility index (Phi) is 6.99. The minimum atomic E-state index is -1.02. The van der Waals surface area contributed by atoms with Gasteiger partial charge in [-0.15, -0.1) is 0 Å². The van der Waals surface area contributed by atoms with Crippen molar-refractivity contribution in [2.75, 3.05) is 18.4 Å². The van der Waals surface area contributed by atoms with Crippen molar-refractivity contribution in [1.29, 1.82) is 0 Å². The molecule has 9 heteroatoms. The van der Waals surface area contributed by atoms with Crippen molar-refractivity contribution < 1.29 is 24.1 Å². The highest BCUT2D eigenvalue weighted by Gasteiger charge is 2.57. The third-order valence-electron chi connectivity index (χ3n) is 8.08. The Morgan fingerprint density at radius 1 is 1.08 bits per heavy atom. The molecule has 0 bridgehead atoms. The van der Waals surface area contributed by atoms with E-state index in [9.17, 15) is 19.5 Å². The molecule has 2 aromatic rings. The minimum Gasteiger partial charge on any atom is -0.478 e. The molecule has 1 fully saturated rings. The number of ketones is 1. The lowest BCUT2D eigenvalue weighted by molar-refractivity contribution is -0.833. The van der Waals surface area contributed by atoms with E-state index < -0.39 is 10.6 Å². The van der Waals surface area contributed by atoms with Crippen LogP contribution in [0.5, 0.6) is 0 Å². The number of pyridine rings is 1. The number of hydrogen-bond donors (Lipinski definition) is 3. The van der Waals surface area contributed by atoms with Crippen LogP contribution in [0.4, 0.5) is 5.82 Å². The third-order valence-corrected chi connectivity index (χ3v) is 8.08. The van der Waals surface area contributed by atoms with Crippen LogP contribution in [0, 0.1) is 5.41 Å². The summed E-state index contributed by atoms with van der Waals surface area (Å²) in [6.45, 7) is 9.54. The highest BCUT2D eigenvalue weighted by atomic mass is 16.4. The van der Waals surface area contributed by atoms with E-state index in [1.807, 2.05) is 27.7 Å². The van der Waals surface area contributed by atoms with Gasteiger partial charge in [-0.2, -0.15) is 0 Å². The largest absolute Gasteiger partial charge is 0.478 e. The SMILES string of the molecule is CC(C)Nc1nc(-c2cccc(C(=O)O)c2)ccc1C(=O)[N+]1(C(C)C)N=CC2=C1C(=O)CC1(CCNCC1)C2. The summed E-state index contributed by atoms with van der Waals surface area (Å²) in [7, 11) is 0. The molecule has 1 unspecified atom stereocenters. The molecule has 1 aromatic carbocycles. The molecule has 3 aliphatic rings. The van der Waals surface area contributed by atoms with Crippen molar-refractivity contribution >= 4 is 29.7 Å². The summed E-state index contributed by atoms with van der Waals surface area (Å²) in [5.74, 6) is -0.936. The first kappa shape index (κ1) is 26.9. The standard InChI is InChI=1S/C30H35N5O4/c1-18(2)33-27-23(8-9-24(34-27)20-6-5-7-21(14-20)29(38)39)28(37)35(19(3)4)26-22(17-32-35)15-30(16-25(26)36)10-12-31-13-11-30/h5-9,14,17-19,31H,10-13,15-16H2,1-4H3,(H-,33,34,37,38,39)/p+1. The Bertz CT molecular complexity index is 1400. The quantitative estimate of drug-likeness (QED) is 0.466. The number of allylic oxidation sites excluding steroid dienone is 2. The smallest absolute Gasteiger partial charge is 0.381 e. The number of rotatable bonds is 6. The minimum absolute atomic E-state index is 0.00568. The number of benzene rings is 1. The van der Waals surface area contributed by atoms with Crippen molar-refractivity contribution in [2.45, 2.75) is 65.5 Å². The number of piperidine rings is 1. The van der Waals surface area contributed by atoms with Gasteiger partial charge in [0, 0.05) is 23.6 Å². The number of aromatic carboxylic acids is 1. The molecule has 1 atom stereocenters. The molecule has 1 amide bonds. The molecule has 1 saturated heterocycles. The molecule has 3 N–H and O–H groups in total. The number of quaternary nitrogens is 1. The lowest BCUT2D eigenvalue weighted by atomic mass is 9.67. The van der Waals surface area contributed by atoms with E-state index >= 15 is 0 Å². The van der Waals surface area contributed by atoms with Crippen LogP contribution in [0.3, 0.4) is 0 Å². The fourth-order valence-electron chi connectivity index (χ4n) is 6.15. The summed E-state index contributed by atoms with van der Waals surface area (Å²) < 4.78 is -0.398. The maximum Gasteiger partial charge on any atom is 0.381 e. The van der Waals surface area contributed by atoms with Crippen LogP contribution in [0.1, 0.15) is 74.1 Å². The third kappa shape index (κ3) is 4.70. The predicted molar refractivity (Wildman–Crippen MR) is 149 cm³/mol. The molecular weight excluding hydrogens is 494 g/mol. The maximum atomic E-state index is 14.5. The van der Waals surface area contributed by atoms with Crippen LogP contribution in [-0.2, 0) is 4.79 Å². The maximum absolute atomic E-state index is 14.5. The second-order valence-corrected chi connectivity index (χ2v) is 11.5. The Balaban J connectivity index is 1.58. The molecule has 3 heterocycles. The van der Waals surface area contributed by atoms with E-state index in [-0.39, 0.29) is 34.8 Å². The summed E-state index contributed by atoms with van der Waals surface area (Å²) in [5, 5.41) is 20.9. The zero-order valence-corrected chi connectivity index (χ0v) is 23.0. The lowest BCUT2D eigenvalue weighted by Crippen LogP contribution is -2.54. The van der Waals surface area contributed by atoms with Crippen LogP contribution in [0.2, 0.25) is 0 Å². The molecule has 0 saturated carbocycles. The van der Waals surface area contributed by atoms with Crippen LogP contribution in [-0.4, -0.2) is 63.7 Å². The van der Waals surface area contributed by atoms with E-state index in [4.69, 9.17) is 10.1 Å². The lowest BCUT2D eigenvalue weighted by Gasteiger charge is -2.41. The second-order valence-electron chi connectivity index (χ2n) is 11.5. The van der Waals surface area contributed by atoms with Gasteiger partial charge in [-0.3, -0.25) is 4.79 Å². The van der Waals surface area contributed by atoms with Gasteiger partial charge in [0.25, 0.3) is 0 Å². The van der Waals surface area contributed by atoms with Gasteiger partial charge in [-0.1, -0.05) is 21.8 Å². The predicted octanol–water partition coefficient (Wildman–Crippen LogP) is 4.62. The average Bonchev–Trinajstić information content (AvgIpc) is 3.29. The Morgan fingerprint density at radius 3 is 2.49 bits per heavy atom. The van der Waals surface area contributed by atoms with Crippen molar-refractivity contribution in [1.82, 2.24) is 10.3 Å². The van der Waals surface area contributed by atoms with Gasteiger partial charge in [-0.25, -0.2) is 14.6 Å². The normalized spacial score (nSPS) is 22.1. The molecule has 9 nitrogen and oxygen atoms in total. The van der Waals surface area contributed by atoms with Crippen molar-refractivity contribution in [3.63, 3.8) is 0 Å². The number of nitrogens with zero attached hydrogens (tertiary/aromatic N) is 3. The summed E-state index contributed by atoms with van der Waals surface area (Å²) in [6, 6.07) is 9.66. The zero-order chi connectivity index (χ0) is 27.9. The van der Waals surface area contributed by atoms with E-state index in [1.165, 1.54) is 6.07 Å². The monoisotopic (exact) mass is 530 g/mol. The van der Waals surface area contributed by atoms with Crippen LogP contribution in [0.15, 0.2) is 52.8 Å². The molecule has 1 aromatic heterocycles. The second kappa shape index (κ2) is 10.1. The number of aromatic nitrogens is 1. The van der Waals surface area contributed by atoms with Crippen LogP contribution < -0.4 is 10.6 Å². The van der Waals surface area contributed by atoms with E-state index in [0.717, 1.165) is 37.9 Å². The number of carboxylic acid groups (broad SMARTS) is 1. The van der Waals surface area contributed by atoms with E-state index in [2.05, 4.69) is 10.6 Å². The molecule has 2 aliphatic heterocycles. The topological polar surface area (TPSA) is 121 Å². The number of amides is 1. The number of carbonyl (C=O) groups excluding carboxylic acids is 2. The van der Waals surface area contributed by atoms with Gasteiger partial charge in [0.1, 0.15) is 17.4 Å². The fourth-order valence-corrected chi connectivity index (χ4v) is 6.15. The molecule has 39 heavy (non-hydrogen) atoms. The van der Waals surface area contributed by atoms with Crippen molar-refractivity contribution in [2.24, 2.45) is 10.5 Å². The van der Waals surface area contributed by atoms with Gasteiger partial charge in [0.2, 0.25) is 11.5 Å². The Hall–Kier alpha value is -3.69. The highest BCUT2D eigenvalue weighted by molar-refractivity contribution is 6.07. The summed E-state index contributed by atoms with van der Waals surface area (Å²) >= 11 is 0. The van der Waals surface area contributed by atoms with Crippen molar-refractivity contribution in [3.8, 4) is 11.3 Å². The number of anilines is 1. The first-order chi connectivity index (χ1) is 18.6. The zero-order valence-electron chi connectivity index (χ0n) is 23.0. The van der Waals surface area contributed by atoms with Gasteiger partial charge < -0.3 is 15.7 Å². The number of hydrogen-bond acceptors (Lipinski definition) is 7. The van der Waals surface area contributed by atoms with E-state index in [1.54, 1.807) is 36.5 Å². The Labute approximate surface area is 228 Å². The summed E-state index contributed by atoms with van der Waals surface area (Å²) in [6.07, 6.45) is 4.83. The first-order valence-corrected chi connectivity index (χ1v) is 13.6. The molecular formula is C30H36N5O4+. The first-order valence-electron chi connectivity index (χ1n) is 13.6. The molecule has 204 valence electrons. The number of carboxylic acids is 1. The number of Topliss-reactive ketones (excluding diaryl/α,β-unsaturated/α-hetero) is 1. The Morgan fingerprint density at radius 2 is 1.82 bits per heavy atom. The summed E-state index contributed by atoms with van der Waals surface area (Å²) in [5.41, 5.74) is 2.98. The van der Waals surface area contributed by atoms with E-state index in [0.29, 0.717) is 34.8 Å².